The molecule has 0 aromatic heterocycles. The van der Waals surface area contributed by atoms with Crippen LogP contribution in [0.4, 0.5) is 5.69 Å². The van der Waals surface area contributed by atoms with E-state index in [0.29, 0.717) is 32.6 Å². The molecule has 1 aliphatic rings. The third-order valence-corrected chi connectivity index (χ3v) is 5.03. The molecule has 0 aliphatic carbocycles. The van der Waals surface area contributed by atoms with Crippen LogP contribution in [0, 0.1) is 0 Å². The molecule has 24 heavy (non-hydrogen) atoms. The Balaban J connectivity index is 1.96. The van der Waals surface area contributed by atoms with Crippen molar-refractivity contribution in [3.8, 4) is 5.75 Å². The van der Waals surface area contributed by atoms with E-state index in [4.69, 9.17) is 40.2 Å². The van der Waals surface area contributed by atoms with Gasteiger partial charge in [-0.3, -0.25) is 4.79 Å². The van der Waals surface area contributed by atoms with Crippen molar-refractivity contribution in [3.05, 3.63) is 57.6 Å². The van der Waals surface area contributed by atoms with Gasteiger partial charge in [-0.2, -0.15) is 0 Å². The average molecular weight is 382 g/mol. The number of thiocarbonyl (C=S) groups is 1. The van der Waals surface area contributed by atoms with Crippen LogP contribution in [0.3, 0.4) is 0 Å². The van der Waals surface area contributed by atoms with Gasteiger partial charge in [0, 0.05) is 16.1 Å². The number of ether oxygens (including phenoxy) is 1. The Bertz CT molecular complexity index is 838. The molecule has 0 spiro atoms. The molecule has 7 heteroatoms. The van der Waals surface area contributed by atoms with Crippen LogP contribution in [0.1, 0.15) is 22.3 Å². The summed E-state index contributed by atoms with van der Waals surface area (Å²) in [4.78, 5) is 12.7. The molecule has 0 fully saturated rings. The van der Waals surface area contributed by atoms with Crippen LogP contribution >= 0.6 is 35.4 Å². The Morgan fingerprint density at radius 2 is 1.83 bits per heavy atom. The first kappa shape index (κ1) is 17.2. The summed E-state index contributed by atoms with van der Waals surface area (Å²) in [6.07, 6.45) is -0.238. The number of benzene rings is 2. The van der Waals surface area contributed by atoms with Crippen LogP contribution in [0.25, 0.3) is 0 Å². The number of fused-ring (bicyclic) bond motifs is 1. The number of ketones is 1. The predicted molar refractivity (Wildman–Crippen MR) is 98.5 cm³/mol. The molecule has 1 unspecified atom stereocenters. The smallest absolute Gasteiger partial charge is 0.166 e. The Morgan fingerprint density at radius 3 is 2.46 bits per heavy atom. The van der Waals surface area contributed by atoms with Gasteiger partial charge in [0.2, 0.25) is 0 Å². The van der Waals surface area contributed by atoms with Crippen LogP contribution in [-0.4, -0.2) is 23.0 Å². The number of aliphatic hydroxyl groups is 1. The van der Waals surface area contributed by atoms with E-state index in [2.05, 4.69) is 5.32 Å². The van der Waals surface area contributed by atoms with Gasteiger partial charge < -0.3 is 15.2 Å². The van der Waals surface area contributed by atoms with Gasteiger partial charge in [-0.25, -0.2) is 0 Å². The number of nitrogens with one attached hydrogen (secondary N) is 1. The molecular weight excluding hydrogens is 369 g/mol. The standard InChI is InChI=1S/C17H13Cl2NO3S/c1-23-10-4-2-9(3-5-10)13(21)8-17(22)14-11(18)6-7-12(19)15(14)20-16(17)24/h2-7,22H,8H2,1H3,(H,20,24). The van der Waals surface area contributed by atoms with E-state index < -0.39 is 5.60 Å². The SMILES string of the molecule is COc1ccc(C(=O)CC2(O)C(=S)Nc3c(Cl)ccc(Cl)c32)cc1. The molecule has 0 radical (unpaired) electrons. The summed E-state index contributed by atoms with van der Waals surface area (Å²) < 4.78 is 5.07. The quantitative estimate of drug-likeness (QED) is 0.613. The zero-order chi connectivity index (χ0) is 17.5. The van der Waals surface area contributed by atoms with Gasteiger partial charge in [0.25, 0.3) is 0 Å². The highest BCUT2D eigenvalue weighted by Gasteiger charge is 2.46. The maximum absolute atomic E-state index is 12.6. The molecule has 2 N–H and O–H groups in total. The molecule has 124 valence electrons. The molecule has 1 aliphatic heterocycles. The first-order chi connectivity index (χ1) is 11.4. The average Bonchev–Trinajstić information content (AvgIpc) is 2.83. The maximum Gasteiger partial charge on any atom is 0.166 e. The van der Waals surface area contributed by atoms with E-state index >= 15 is 0 Å². The van der Waals surface area contributed by atoms with Gasteiger partial charge in [0.05, 0.1) is 24.2 Å². The number of hydrogen-bond donors (Lipinski definition) is 2. The lowest BCUT2D eigenvalue weighted by molar-refractivity contribution is 0.0753. The van der Waals surface area contributed by atoms with E-state index in [-0.39, 0.29) is 17.2 Å². The molecule has 0 amide bonds. The topological polar surface area (TPSA) is 58.6 Å². The highest BCUT2D eigenvalue weighted by molar-refractivity contribution is 7.80. The second-order valence-corrected chi connectivity index (χ2v) is 6.64. The van der Waals surface area contributed by atoms with Crippen molar-refractivity contribution < 1.29 is 14.6 Å². The lowest BCUT2D eigenvalue weighted by atomic mass is 9.88. The lowest BCUT2D eigenvalue weighted by Crippen LogP contribution is -2.35. The molecule has 0 bridgehead atoms. The lowest BCUT2D eigenvalue weighted by Gasteiger charge is -2.23. The minimum Gasteiger partial charge on any atom is -0.497 e. The van der Waals surface area contributed by atoms with Gasteiger partial charge in [-0.1, -0.05) is 35.4 Å². The summed E-state index contributed by atoms with van der Waals surface area (Å²) in [5, 5.41) is 14.6. The van der Waals surface area contributed by atoms with Crippen LogP contribution in [0.5, 0.6) is 5.75 Å². The maximum atomic E-state index is 12.6. The normalized spacial score (nSPS) is 18.9. The van der Waals surface area contributed by atoms with E-state index in [0.717, 1.165) is 0 Å². The highest BCUT2D eigenvalue weighted by Crippen LogP contribution is 2.47. The summed E-state index contributed by atoms with van der Waals surface area (Å²) in [6, 6.07) is 9.81. The number of carbonyl (C=O) groups is 1. The van der Waals surface area contributed by atoms with Crippen molar-refractivity contribution in [2.24, 2.45) is 0 Å². The Hall–Kier alpha value is -1.66. The van der Waals surface area contributed by atoms with Gasteiger partial charge >= 0.3 is 0 Å². The third-order valence-electron chi connectivity index (χ3n) is 3.96. The molecule has 2 aromatic rings. The Kier molecular flexibility index (Phi) is 4.53. The van der Waals surface area contributed by atoms with E-state index in [1.165, 1.54) is 0 Å². The van der Waals surface area contributed by atoms with Crippen LogP contribution < -0.4 is 10.1 Å². The van der Waals surface area contributed by atoms with Crippen LogP contribution in [-0.2, 0) is 5.60 Å². The van der Waals surface area contributed by atoms with Gasteiger partial charge in [-0.15, -0.1) is 0 Å². The van der Waals surface area contributed by atoms with E-state index in [9.17, 15) is 9.90 Å². The summed E-state index contributed by atoms with van der Waals surface area (Å²) in [7, 11) is 1.55. The number of carbonyl (C=O) groups excluding carboxylic acids is 1. The first-order valence-electron chi connectivity index (χ1n) is 7.06. The molecule has 3 rings (SSSR count). The zero-order valence-electron chi connectivity index (χ0n) is 12.6. The van der Waals surface area contributed by atoms with Crippen molar-refractivity contribution in [1.29, 1.82) is 0 Å². The van der Waals surface area contributed by atoms with Crippen molar-refractivity contribution in [2.45, 2.75) is 12.0 Å². The number of halogens is 2. The molecule has 1 atom stereocenters. The third kappa shape index (κ3) is 2.78. The van der Waals surface area contributed by atoms with Crippen molar-refractivity contribution in [2.75, 3.05) is 12.4 Å². The molecule has 0 saturated heterocycles. The van der Waals surface area contributed by atoms with E-state index in [1.54, 1.807) is 43.5 Å². The molecular formula is C17H13Cl2NO3S. The fourth-order valence-electron chi connectivity index (χ4n) is 2.69. The second kappa shape index (κ2) is 6.33. The largest absolute Gasteiger partial charge is 0.497 e. The van der Waals surface area contributed by atoms with E-state index in [1.807, 2.05) is 0 Å². The minimum atomic E-state index is -1.69. The van der Waals surface area contributed by atoms with Gasteiger partial charge in [-0.05, 0) is 36.4 Å². The monoisotopic (exact) mass is 381 g/mol. The van der Waals surface area contributed by atoms with Crippen molar-refractivity contribution >= 4 is 51.9 Å². The number of Topliss-reactive ketones (excluding diaryl/α,β-unsaturated/α-hetero) is 1. The predicted octanol–water partition coefficient (Wildman–Crippen LogP) is 4.22. The van der Waals surface area contributed by atoms with Crippen molar-refractivity contribution in [3.63, 3.8) is 0 Å². The number of rotatable bonds is 4. The second-order valence-electron chi connectivity index (χ2n) is 5.42. The minimum absolute atomic E-state index is 0.106. The van der Waals surface area contributed by atoms with Gasteiger partial charge in [0.1, 0.15) is 10.7 Å². The fourth-order valence-corrected chi connectivity index (χ4v) is 3.48. The Labute approximate surface area is 154 Å². The fraction of sp³-hybridized carbons (Fsp3) is 0.176. The number of anilines is 1. The summed E-state index contributed by atoms with van der Waals surface area (Å²) in [6.45, 7) is 0. The first-order valence-corrected chi connectivity index (χ1v) is 8.23. The molecule has 4 nitrogen and oxygen atoms in total. The summed E-state index contributed by atoms with van der Waals surface area (Å²) in [5.74, 6) is 0.372. The van der Waals surface area contributed by atoms with Gasteiger partial charge in [0.15, 0.2) is 11.4 Å². The highest BCUT2D eigenvalue weighted by atomic mass is 35.5. The van der Waals surface area contributed by atoms with Crippen LogP contribution in [0.2, 0.25) is 10.0 Å². The zero-order valence-corrected chi connectivity index (χ0v) is 14.9. The molecule has 2 aromatic carbocycles. The van der Waals surface area contributed by atoms with Crippen molar-refractivity contribution in [1.82, 2.24) is 0 Å². The Morgan fingerprint density at radius 1 is 1.21 bits per heavy atom. The van der Waals surface area contributed by atoms with Crippen LogP contribution in [0.15, 0.2) is 36.4 Å². The molecule has 1 heterocycles. The number of methoxy groups -OCH3 is 1. The summed E-state index contributed by atoms with van der Waals surface area (Å²) in [5.41, 5.74) is -0.467. The number of hydrogen-bond acceptors (Lipinski definition) is 4. The summed E-state index contributed by atoms with van der Waals surface area (Å²) >= 11 is 17.6. The molecule has 0 saturated carbocycles.